The van der Waals surface area contributed by atoms with E-state index in [9.17, 15) is 10.1 Å². The third-order valence-corrected chi connectivity index (χ3v) is 5.50. The van der Waals surface area contributed by atoms with E-state index >= 15 is 0 Å². The predicted octanol–water partition coefficient (Wildman–Crippen LogP) is 5.80. The number of para-hydroxylation sites is 1. The van der Waals surface area contributed by atoms with E-state index in [1.807, 2.05) is 74.6 Å². The lowest BCUT2D eigenvalue weighted by atomic mass is 10.0. The summed E-state index contributed by atoms with van der Waals surface area (Å²) in [6.07, 6.45) is 3.37. The van der Waals surface area contributed by atoms with Crippen LogP contribution in [0.4, 0.5) is 5.69 Å². The minimum atomic E-state index is -0.521. The number of methoxy groups -OCH3 is 1. The van der Waals surface area contributed by atoms with Crippen molar-refractivity contribution in [2.24, 2.45) is 0 Å². The molecule has 1 N–H and O–H groups in total. The third kappa shape index (κ3) is 5.45. The largest absolute Gasteiger partial charge is 0.497 e. The summed E-state index contributed by atoms with van der Waals surface area (Å²) in [5, 5.41) is 17.4. The molecule has 4 aromatic rings. The number of aryl methyl sites for hydroxylation is 1. The normalized spacial score (nSPS) is 11.0. The number of amides is 1. The number of carbonyl (C=O) groups is 1. The maximum atomic E-state index is 13.0. The van der Waals surface area contributed by atoms with Crippen molar-refractivity contribution in [1.82, 2.24) is 9.78 Å². The molecule has 0 aliphatic carbocycles. The Labute approximate surface area is 210 Å². The molecule has 0 atom stereocenters. The molecule has 180 valence electrons. The van der Waals surface area contributed by atoms with Crippen LogP contribution in [-0.4, -0.2) is 29.4 Å². The lowest BCUT2D eigenvalue weighted by Crippen LogP contribution is -2.13. The smallest absolute Gasteiger partial charge is 0.266 e. The zero-order valence-electron chi connectivity index (χ0n) is 20.4. The highest BCUT2D eigenvalue weighted by molar-refractivity contribution is 6.10. The van der Waals surface area contributed by atoms with Gasteiger partial charge in [-0.05, 0) is 68.0 Å². The number of hydrogen-bond acceptors (Lipinski definition) is 5. The van der Waals surface area contributed by atoms with Crippen molar-refractivity contribution in [3.8, 4) is 34.5 Å². The van der Waals surface area contributed by atoms with Crippen molar-refractivity contribution < 1.29 is 14.3 Å². The highest BCUT2D eigenvalue weighted by atomic mass is 16.5. The highest BCUT2D eigenvalue weighted by Crippen LogP contribution is 2.30. The first-order chi connectivity index (χ1) is 17.5. The van der Waals surface area contributed by atoms with Crippen LogP contribution in [0.25, 0.3) is 23.0 Å². The van der Waals surface area contributed by atoms with Gasteiger partial charge in [-0.15, -0.1) is 0 Å². The number of hydrogen-bond donors (Lipinski definition) is 1. The van der Waals surface area contributed by atoms with Gasteiger partial charge in [-0.2, -0.15) is 10.4 Å². The van der Waals surface area contributed by atoms with Crippen LogP contribution in [0.2, 0.25) is 0 Å². The van der Waals surface area contributed by atoms with Gasteiger partial charge in [0.25, 0.3) is 5.91 Å². The zero-order chi connectivity index (χ0) is 25.5. The fraction of sp³-hybridized carbons (Fsp3) is 0.138. The van der Waals surface area contributed by atoms with Gasteiger partial charge in [0.05, 0.1) is 19.4 Å². The number of rotatable bonds is 8. The Morgan fingerprint density at radius 1 is 1.11 bits per heavy atom. The Kier molecular flexibility index (Phi) is 7.47. The van der Waals surface area contributed by atoms with Gasteiger partial charge >= 0.3 is 0 Å². The van der Waals surface area contributed by atoms with Crippen LogP contribution in [0.1, 0.15) is 18.1 Å². The molecule has 36 heavy (non-hydrogen) atoms. The van der Waals surface area contributed by atoms with Crippen LogP contribution < -0.4 is 14.8 Å². The number of ether oxygens (including phenoxy) is 2. The summed E-state index contributed by atoms with van der Waals surface area (Å²) < 4.78 is 12.6. The summed E-state index contributed by atoms with van der Waals surface area (Å²) in [7, 11) is 1.55. The van der Waals surface area contributed by atoms with E-state index in [2.05, 4.69) is 5.32 Å². The second-order valence-corrected chi connectivity index (χ2v) is 7.98. The second-order valence-electron chi connectivity index (χ2n) is 7.98. The van der Waals surface area contributed by atoms with Crippen LogP contribution in [0.15, 0.2) is 84.6 Å². The molecule has 0 bridgehead atoms. The number of benzene rings is 3. The van der Waals surface area contributed by atoms with E-state index < -0.39 is 5.91 Å². The molecule has 1 aromatic heterocycles. The molecule has 1 heterocycles. The molecule has 0 unspecified atom stereocenters. The summed E-state index contributed by atoms with van der Waals surface area (Å²) in [5.74, 6) is 0.885. The monoisotopic (exact) mass is 478 g/mol. The molecule has 0 aliphatic heterocycles. The quantitative estimate of drug-likeness (QED) is 0.255. The fourth-order valence-corrected chi connectivity index (χ4v) is 3.75. The maximum Gasteiger partial charge on any atom is 0.266 e. The van der Waals surface area contributed by atoms with Gasteiger partial charge in [0.15, 0.2) is 0 Å². The topological polar surface area (TPSA) is 89.2 Å². The average molecular weight is 479 g/mol. The first-order valence-electron chi connectivity index (χ1n) is 11.5. The molecule has 0 spiro atoms. The van der Waals surface area contributed by atoms with Gasteiger partial charge in [-0.25, -0.2) is 4.68 Å². The summed E-state index contributed by atoms with van der Waals surface area (Å²) in [6, 6.07) is 24.5. The number of anilines is 1. The van der Waals surface area contributed by atoms with E-state index in [1.165, 1.54) is 0 Å². The molecule has 0 radical (unpaired) electrons. The standard InChI is InChI=1S/C29H26N4O3/c1-4-36-27-14-13-21(15-20(27)2)28-23(19-33(32-28)25-10-6-5-7-11-25)16-22(18-30)29(34)31-24-9-8-12-26(17-24)35-3/h5-17,19H,4H2,1-3H3,(H,31,34). The molecule has 1 amide bonds. The van der Waals surface area contributed by atoms with Gasteiger partial charge in [0.1, 0.15) is 28.8 Å². The first kappa shape index (κ1) is 24.3. The SMILES string of the molecule is CCOc1ccc(-c2nn(-c3ccccc3)cc2C=C(C#N)C(=O)Nc2cccc(OC)c2)cc1C. The Hall–Kier alpha value is -4.83. The van der Waals surface area contributed by atoms with Crippen LogP contribution in [0.3, 0.4) is 0 Å². The van der Waals surface area contributed by atoms with Gasteiger partial charge < -0.3 is 14.8 Å². The summed E-state index contributed by atoms with van der Waals surface area (Å²) in [5.41, 5.74) is 4.45. The zero-order valence-corrected chi connectivity index (χ0v) is 20.4. The van der Waals surface area contributed by atoms with Crippen molar-refractivity contribution in [3.05, 3.63) is 95.7 Å². The summed E-state index contributed by atoms with van der Waals surface area (Å²) in [6.45, 7) is 4.49. The number of nitrogens with zero attached hydrogens (tertiary/aromatic N) is 3. The van der Waals surface area contributed by atoms with Gasteiger partial charge in [-0.1, -0.05) is 24.3 Å². The van der Waals surface area contributed by atoms with E-state index in [-0.39, 0.29) is 5.57 Å². The molecular weight excluding hydrogens is 452 g/mol. The Morgan fingerprint density at radius 3 is 2.61 bits per heavy atom. The van der Waals surface area contributed by atoms with Gasteiger partial charge in [0, 0.05) is 29.1 Å². The first-order valence-corrected chi connectivity index (χ1v) is 11.5. The lowest BCUT2D eigenvalue weighted by molar-refractivity contribution is -0.112. The summed E-state index contributed by atoms with van der Waals surface area (Å²) in [4.78, 5) is 13.0. The fourth-order valence-electron chi connectivity index (χ4n) is 3.75. The summed E-state index contributed by atoms with van der Waals surface area (Å²) >= 11 is 0. The minimum absolute atomic E-state index is 0.0469. The minimum Gasteiger partial charge on any atom is -0.497 e. The second kappa shape index (κ2) is 11.1. The highest BCUT2D eigenvalue weighted by Gasteiger charge is 2.16. The van der Waals surface area contributed by atoms with Gasteiger partial charge in [-0.3, -0.25) is 4.79 Å². The molecule has 0 aliphatic rings. The predicted molar refractivity (Wildman–Crippen MR) is 140 cm³/mol. The number of nitrogens with one attached hydrogen (secondary N) is 1. The number of carbonyl (C=O) groups excluding carboxylic acids is 1. The molecule has 0 saturated heterocycles. The Bertz CT molecular complexity index is 1450. The average Bonchev–Trinajstić information content (AvgIpc) is 3.33. The third-order valence-electron chi connectivity index (χ3n) is 5.50. The van der Waals surface area contributed by atoms with E-state index in [4.69, 9.17) is 14.6 Å². The molecule has 3 aromatic carbocycles. The van der Waals surface area contributed by atoms with E-state index in [1.54, 1.807) is 42.1 Å². The molecule has 7 nitrogen and oxygen atoms in total. The van der Waals surface area contributed by atoms with Crippen molar-refractivity contribution in [2.75, 3.05) is 19.0 Å². The van der Waals surface area contributed by atoms with Crippen LogP contribution >= 0.6 is 0 Å². The molecular formula is C29H26N4O3. The van der Waals surface area contributed by atoms with E-state index in [0.717, 1.165) is 22.6 Å². The number of nitriles is 1. The van der Waals surface area contributed by atoms with Crippen LogP contribution in [0.5, 0.6) is 11.5 Å². The number of aromatic nitrogens is 2. The van der Waals surface area contributed by atoms with Crippen LogP contribution in [-0.2, 0) is 4.79 Å². The Balaban J connectivity index is 1.75. The molecule has 0 fully saturated rings. The van der Waals surface area contributed by atoms with Crippen molar-refractivity contribution in [2.45, 2.75) is 13.8 Å². The van der Waals surface area contributed by atoms with E-state index in [0.29, 0.717) is 29.3 Å². The maximum absolute atomic E-state index is 13.0. The van der Waals surface area contributed by atoms with Crippen molar-refractivity contribution >= 4 is 17.7 Å². The van der Waals surface area contributed by atoms with Crippen molar-refractivity contribution in [1.29, 1.82) is 5.26 Å². The van der Waals surface area contributed by atoms with Crippen LogP contribution in [0, 0.1) is 18.3 Å². The van der Waals surface area contributed by atoms with Gasteiger partial charge in [0.2, 0.25) is 0 Å². The Morgan fingerprint density at radius 2 is 1.92 bits per heavy atom. The van der Waals surface area contributed by atoms with Crippen molar-refractivity contribution in [3.63, 3.8) is 0 Å². The molecule has 4 rings (SSSR count). The molecule has 7 heteroatoms. The molecule has 0 saturated carbocycles. The lowest BCUT2D eigenvalue weighted by Gasteiger charge is -2.09.